The van der Waals surface area contributed by atoms with E-state index >= 15 is 0 Å². The lowest BCUT2D eigenvalue weighted by Gasteiger charge is -2.08. The van der Waals surface area contributed by atoms with E-state index in [0.717, 1.165) is 5.56 Å². The van der Waals surface area contributed by atoms with Gasteiger partial charge in [0, 0.05) is 34.5 Å². The smallest absolute Gasteiger partial charge is 0.251 e. The van der Waals surface area contributed by atoms with E-state index in [1.807, 2.05) is 0 Å². The number of fused-ring (bicyclic) bond motifs is 1. The minimum Gasteiger partial charge on any atom is -0.506 e. The minimum absolute atomic E-state index is 0.0737. The third-order valence-electron chi connectivity index (χ3n) is 4.53. The van der Waals surface area contributed by atoms with Gasteiger partial charge in [0.25, 0.3) is 5.91 Å². The summed E-state index contributed by atoms with van der Waals surface area (Å²) in [6, 6.07) is 16.9. The summed E-state index contributed by atoms with van der Waals surface area (Å²) in [6.07, 6.45) is 1.55. The summed E-state index contributed by atoms with van der Waals surface area (Å²) in [7, 11) is 0. The van der Waals surface area contributed by atoms with Crippen LogP contribution in [0, 0.1) is 0 Å². The van der Waals surface area contributed by atoms with Crippen molar-refractivity contribution in [3.8, 4) is 0 Å². The number of carbonyl (C=O) groups is 2. The number of hydrogen-bond acceptors (Lipinski definition) is 4. The van der Waals surface area contributed by atoms with Crippen LogP contribution in [0.15, 0.2) is 66.9 Å². The number of aliphatic hydroxyl groups is 1. The molecule has 0 fully saturated rings. The van der Waals surface area contributed by atoms with E-state index < -0.39 is 0 Å². The highest BCUT2D eigenvalue weighted by molar-refractivity contribution is 6.38. The molecule has 0 bridgehead atoms. The summed E-state index contributed by atoms with van der Waals surface area (Å²) in [4.78, 5) is 29.1. The maximum Gasteiger partial charge on any atom is 0.251 e. The fourth-order valence-corrected chi connectivity index (χ4v) is 3.23. The van der Waals surface area contributed by atoms with Gasteiger partial charge in [-0.2, -0.15) is 0 Å². The Kier molecular flexibility index (Phi) is 4.67. The molecule has 0 atom stereocenters. The number of nitrogens with one attached hydrogen (secondary N) is 1. The maximum atomic E-state index is 12.7. The van der Waals surface area contributed by atoms with Crippen LogP contribution in [-0.2, 0) is 6.54 Å². The van der Waals surface area contributed by atoms with E-state index in [9.17, 15) is 14.7 Å². The number of aliphatic hydroxyl groups excluding tert-OH is 1. The first-order chi connectivity index (χ1) is 13.5. The van der Waals surface area contributed by atoms with Crippen molar-refractivity contribution in [1.82, 2.24) is 10.3 Å². The van der Waals surface area contributed by atoms with Gasteiger partial charge >= 0.3 is 0 Å². The first-order valence-electron chi connectivity index (χ1n) is 8.61. The standard InChI is InChI=1S/C22H15ClN2O3/c23-15-7-5-14(6-8-15)22(28)25-12-13-9-10-24-18(11-13)19-20(26)16-3-1-2-4-17(16)21(19)27/h1-11,26H,12H2,(H,25,28). The molecule has 1 aliphatic carbocycles. The van der Waals surface area contributed by atoms with Crippen molar-refractivity contribution in [3.05, 3.63) is 99.8 Å². The number of amides is 1. The molecule has 2 aromatic carbocycles. The van der Waals surface area contributed by atoms with Crippen LogP contribution in [0.4, 0.5) is 0 Å². The molecule has 0 spiro atoms. The van der Waals surface area contributed by atoms with E-state index in [0.29, 0.717) is 27.4 Å². The van der Waals surface area contributed by atoms with Crippen LogP contribution in [0.1, 0.15) is 37.5 Å². The summed E-state index contributed by atoms with van der Waals surface area (Å²) < 4.78 is 0. The molecular formula is C22H15ClN2O3. The number of hydrogen-bond donors (Lipinski definition) is 2. The van der Waals surface area contributed by atoms with Crippen molar-refractivity contribution < 1.29 is 14.7 Å². The number of aromatic nitrogens is 1. The first kappa shape index (κ1) is 17.9. The highest BCUT2D eigenvalue weighted by Crippen LogP contribution is 2.35. The van der Waals surface area contributed by atoms with Gasteiger partial charge in [0.15, 0.2) is 5.78 Å². The van der Waals surface area contributed by atoms with Gasteiger partial charge in [-0.05, 0) is 42.0 Å². The number of pyridine rings is 1. The second-order valence-corrected chi connectivity index (χ2v) is 6.77. The van der Waals surface area contributed by atoms with E-state index in [2.05, 4.69) is 10.3 Å². The van der Waals surface area contributed by atoms with Crippen LogP contribution in [0.25, 0.3) is 11.3 Å². The molecule has 0 saturated heterocycles. The maximum absolute atomic E-state index is 12.7. The van der Waals surface area contributed by atoms with Crippen LogP contribution in [0.3, 0.4) is 0 Å². The largest absolute Gasteiger partial charge is 0.506 e. The highest BCUT2D eigenvalue weighted by Gasteiger charge is 2.31. The Hall–Kier alpha value is -3.44. The van der Waals surface area contributed by atoms with Crippen LogP contribution < -0.4 is 5.32 Å². The van der Waals surface area contributed by atoms with Gasteiger partial charge in [-0.15, -0.1) is 0 Å². The molecule has 28 heavy (non-hydrogen) atoms. The van der Waals surface area contributed by atoms with Gasteiger partial charge in [0.1, 0.15) is 5.76 Å². The highest BCUT2D eigenvalue weighted by atomic mass is 35.5. The summed E-state index contributed by atoms with van der Waals surface area (Å²) >= 11 is 5.84. The quantitative estimate of drug-likeness (QED) is 0.696. The van der Waals surface area contributed by atoms with Gasteiger partial charge in [0.05, 0.1) is 11.3 Å². The molecule has 1 heterocycles. The number of benzene rings is 2. The zero-order valence-electron chi connectivity index (χ0n) is 14.6. The monoisotopic (exact) mass is 390 g/mol. The third kappa shape index (κ3) is 3.28. The minimum atomic E-state index is -0.261. The molecule has 3 aromatic rings. The van der Waals surface area contributed by atoms with E-state index in [4.69, 9.17) is 11.6 Å². The predicted octanol–water partition coefficient (Wildman–Crippen LogP) is 4.29. The Bertz CT molecular complexity index is 1120. The second kappa shape index (κ2) is 7.29. The van der Waals surface area contributed by atoms with Gasteiger partial charge in [-0.25, -0.2) is 0 Å². The van der Waals surface area contributed by atoms with Crippen molar-refractivity contribution in [2.75, 3.05) is 0 Å². The van der Waals surface area contributed by atoms with Crippen LogP contribution in [0.5, 0.6) is 0 Å². The molecule has 138 valence electrons. The Morgan fingerprint density at radius 2 is 1.75 bits per heavy atom. The SMILES string of the molecule is O=C(NCc1ccnc(C2=C(O)c3ccccc3C2=O)c1)c1ccc(Cl)cc1. The Balaban J connectivity index is 1.54. The predicted molar refractivity (Wildman–Crippen MR) is 107 cm³/mol. The van der Waals surface area contributed by atoms with Gasteiger partial charge in [-0.1, -0.05) is 35.9 Å². The van der Waals surface area contributed by atoms with Crippen molar-refractivity contribution in [1.29, 1.82) is 0 Å². The fourth-order valence-electron chi connectivity index (χ4n) is 3.11. The number of ketones is 1. The van der Waals surface area contributed by atoms with Gasteiger partial charge in [-0.3, -0.25) is 14.6 Å². The molecule has 5 nitrogen and oxygen atoms in total. The third-order valence-corrected chi connectivity index (χ3v) is 4.78. The zero-order valence-corrected chi connectivity index (χ0v) is 15.4. The lowest BCUT2D eigenvalue weighted by molar-refractivity contribution is 0.0950. The summed E-state index contributed by atoms with van der Waals surface area (Å²) in [5.41, 5.74) is 2.77. The Morgan fingerprint density at radius 3 is 2.46 bits per heavy atom. The average Bonchev–Trinajstić information content (AvgIpc) is 2.98. The average molecular weight is 391 g/mol. The molecule has 1 amide bonds. The van der Waals surface area contributed by atoms with E-state index in [1.165, 1.54) is 0 Å². The summed E-state index contributed by atoms with van der Waals surface area (Å²) in [6.45, 7) is 0.256. The number of halogens is 1. The van der Waals surface area contributed by atoms with Crippen LogP contribution in [0.2, 0.25) is 5.02 Å². The molecular weight excluding hydrogens is 376 g/mol. The molecule has 4 rings (SSSR count). The van der Waals surface area contributed by atoms with E-state index in [1.54, 1.807) is 66.9 Å². The number of allylic oxidation sites excluding steroid dienone is 1. The molecule has 6 heteroatoms. The van der Waals surface area contributed by atoms with Crippen LogP contribution in [-0.4, -0.2) is 21.8 Å². The van der Waals surface area contributed by atoms with Crippen LogP contribution >= 0.6 is 11.6 Å². The number of carbonyl (C=O) groups excluding carboxylic acids is 2. The number of nitrogens with zero attached hydrogens (tertiary/aromatic N) is 1. The molecule has 0 radical (unpaired) electrons. The molecule has 1 aromatic heterocycles. The zero-order chi connectivity index (χ0) is 19.7. The van der Waals surface area contributed by atoms with Gasteiger partial charge < -0.3 is 10.4 Å². The topological polar surface area (TPSA) is 79.3 Å². The lowest BCUT2D eigenvalue weighted by Crippen LogP contribution is -2.22. The second-order valence-electron chi connectivity index (χ2n) is 6.34. The fraction of sp³-hybridized carbons (Fsp3) is 0.0455. The molecule has 0 saturated carbocycles. The molecule has 2 N–H and O–H groups in total. The Morgan fingerprint density at radius 1 is 1.04 bits per heavy atom. The van der Waals surface area contributed by atoms with E-state index in [-0.39, 0.29) is 29.6 Å². The summed E-state index contributed by atoms with van der Waals surface area (Å²) in [5, 5.41) is 13.9. The lowest BCUT2D eigenvalue weighted by atomic mass is 10.1. The molecule has 0 unspecified atom stereocenters. The van der Waals surface area contributed by atoms with Crippen molar-refractivity contribution >= 4 is 34.6 Å². The molecule has 0 aliphatic heterocycles. The summed E-state index contributed by atoms with van der Waals surface area (Å²) in [5.74, 6) is -0.570. The number of Topliss-reactive ketones (excluding diaryl/α,β-unsaturated/α-hetero) is 1. The van der Waals surface area contributed by atoms with Gasteiger partial charge in [0.2, 0.25) is 0 Å². The Labute approximate surface area is 166 Å². The number of rotatable bonds is 4. The molecule has 1 aliphatic rings. The normalized spacial score (nSPS) is 12.8. The van der Waals surface area contributed by atoms with Crippen molar-refractivity contribution in [2.24, 2.45) is 0 Å². The van der Waals surface area contributed by atoms with Crippen molar-refractivity contribution in [3.63, 3.8) is 0 Å². The van der Waals surface area contributed by atoms with Crippen molar-refractivity contribution in [2.45, 2.75) is 6.54 Å². The first-order valence-corrected chi connectivity index (χ1v) is 8.99.